The predicted octanol–water partition coefficient (Wildman–Crippen LogP) is 3.70. The van der Waals surface area contributed by atoms with Gasteiger partial charge in [0.05, 0.1) is 30.9 Å². The standard InChI is InChI=1S/C22H19N3O3S/c1-28-17-10-8-16(9-11-17)25(13-18-5-4-12-29-18)21(26)14-24-15-23-20-7-3-2-6-19(20)22(24)27/h2-12,15H,13-14H2,1H3. The highest BCUT2D eigenvalue weighted by molar-refractivity contribution is 7.09. The molecule has 0 N–H and O–H groups in total. The van der Waals surface area contributed by atoms with Gasteiger partial charge in [-0.25, -0.2) is 4.98 Å². The number of carbonyl (C=O) groups excluding carboxylic acids is 1. The Bertz CT molecular complexity index is 1180. The molecule has 0 saturated heterocycles. The molecular weight excluding hydrogens is 386 g/mol. The third kappa shape index (κ3) is 4.05. The number of para-hydroxylation sites is 1. The minimum atomic E-state index is -0.227. The van der Waals surface area contributed by atoms with Crippen molar-refractivity contribution in [3.63, 3.8) is 0 Å². The summed E-state index contributed by atoms with van der Waals surface area (Å²) in [6, 6.07) is 18.4. The maximum Gasteiger partial charge on any atom is 0.261 e. The fourth-order valence-corrected chi connectivity index (χ4v) is 3.79. The van der Waals surface area contributed by atoms with Crippen LogP contribution in [0.5, 0.6) is 5.75 Å². The molecule has 0 radical (unpaired) electrons. The van der Waals surface area contributed by atoms with Gasteiger partial charge in [0.15, 0.2) is 0 Å². The van der Waals surface area contributed by atoms with Gasteiger partial charge in [0.2, 0.25) is 5.91 Å². The minimum Gasteiger partial charge on any atom is -0.497 e. The molecule has 0 atom stereocenters. The Morgan fingerprint density at radius 3 is 2.62 bits per heavy atom. The van der Waals surface area contributed by atoms with Crippen LogP contribution in [0.1, 0.15) is 4.88 Å². The topological polar surface area (TPSA) is 64.4 Å². The van der Waals surface area contributed by atoms with Crippen LogP contribution in [0.2, 0.25) is 0 Å². The maximum atomic E-state index is 13.2. The number of ether oxygens (including phenoxy) is 1. The van der Waals surface area contributed by atoms with Crippen LogP contribution in [-0.2, 0) is 17.9 Å². The molecule has 29 heavy (non-hydrogen) atoms. The number of rotatable bonds is 6. The van der Waals surface area contributed by atoms with Crippen LogP contribution in [-0.4, -0.2) is 22.6 Å². The van der Waals surface area contributed by atoms with E-state index in [0.717, 1.165) is 10.6 Å². The Morgan fingerprint density at radius 2 is 1.90 bits per heavy atom. The highest BCUT2D eigenvalue weighted by Crippen LogP contribution is 2.23. The Hall–Kier alpha value is -3.45. The van der Waals surface area contributed by atoms with Crippen molar-refractivity contribution in [3.8, 4) is 5.75 Å². The van der Waals surface area contributed by atoms with E-state index in [0.29, 0.717) is 23.2 Å². The molecule has 0 unspecified atom stereocenters. The number of anilines is 1. The second-order valence-electron chi connectivity index (χ2n) is 6.45. The average molecular weight is 405 g/mol. The van der Waals surface area contributed by atoms with Crippen molar-refractivity contribution in [1.29, 1.82) is 0 Å². The van der Waals surface area contributed by atoms with Crippen LogP contribution in [0, 0.1) is 0 Å². The SMILES string of the molecule is COc1ccc(N(Cc2cccs2)C(=O)Cn2cnc3ccccc3c2=O)cc1. The van der Waals surface area contributed by atoms with Gasteiger partial charge in [-0.2, -0.15) is 0 Å². The van der Waals surface area contributed by atoms with Crippen molar-refractivity contribution in [3.05, 3.63) is 87.6 Å². The molecule has 0 aliphatic rings. The summed E-state index contributed by atoms with van der Waals surface area (Å²) < 4.78 is 6.57. The quantitative estimate of drug-likeness (QED) is 0.491. The number of hydrogen-bond donors (Lipinski definition) is 0. The van der Waals surface area contributed by atoms with Crippen LogP contribution in [0.15, 0.2) is 77.2 Å². The Kier molecular flexibility index (Phi) is 5.39. The predicted molar refractivity (Wildman–Crippen MR) is 115 cm³/mol. The van der Waals surface area contributed by atoms with Crippen molar-refractivity contribution in [2.45, 2.75) is 13.1 Å². The smallest absolute Gasteiger partial charge is 0.261 e. The van der Waals surface area contributed by atoms with Gasteiger partial charge in [-0.05, 0) is 47.8 Å². The van der Waals surface area contributed by atoms with Crippen molar-refractivity contribution < 1.29 is 9.53 Å². The first-order valence-electron chi connectivity index (χ1n) is 9.06. The molecule has 6 nitrogen and oxygen atoms in total. The van der Waals surface area contributed by atoms with Crippen LogP contribution >= 0.6 is 11.3 Å². The molecule has 2 aromatic carbocycles. The Labute approximate surface area is 171 Å². The number of methoxy groups -OCH3 is 1. The summed E-state index contributed by atoms with van der Waals surface area (Å²) in [5, 5.41) is 2.47. The molecule has 1 amide bonds. The summed E-state index contributed by atoms with van der Waals surface area (Å²) >= 11 is 1.58. The molecule has 4 aromatic rings. The second-order valence-corrected chi connectivity index (χ2v) is 7.48. The van der Waals surface area contributed by atoms with Crippen LogP contribution < -0.4 is 15.2 Å². The van der Waals surface area contributed by atoms with Gasteiger partial charge in [0.1, 0.15) is 12.3 Å². The summed E-state index contributed by atoms with van der Waals surface area (Å²) in [5.41, 5.74) is 1.13. The van der Waals surface area contributed by atoms with Crippen LogP contribution in [0.3, 0.4) is 0 Å². The molecule has 0 spiro atoms. The number of thiophene rings is 1. The highest BCUT2D eigenvalue weighted by Gasteiger charge is 2.18. The number of aromatic nitrogens is 2. The lowest BCUT2D eigenvalue weighted by Gasteiger charge is -2.23. The number of nitrogens with zero attached hydrogens (tertiary/aromatic N) is 3. The van der Waals surface area contributed by atoms with Gasteiger partial charge >= 0.3 is 0 Å². The van der Waals surface area contributed by atoms with E-state index in [4.69, 9.17) is 4.74 Å². The average Bonchev–Trinajstić information content (AvgIpc) is 3.27. The summed E-state index contributed by atoms with van der Waals surface area (Å²) in [6.45, 7) is 0.340. The third-order valence-corrected chi connectivity index (χ3v) is 5.48. The van der Waals surface area contributed by atoms with Crippen molar-refractivity contribution in [2.75, 3.05) is 12.0 Å². The lowest BCUT2D eigenvalue weighted by Crippen LogP contribution is -2.36. The van der Waals surface area contributed by atoms with E-state index in [9.17, 15) is 9.59 Å². The van der Waals surface area contributed by atoms with Gasteiger partial charge in [0.25, 0.3) is 5.56 Å². The Balaban J connectivity index is 1.65. The minimum absolute atomic E-state index is 0.0892. The zero-order valence-electron chi connectivity index (χ0n) is 15.8. The Morgan fingerprint density at radius 1 is 1.10 bits per heavy atom. The molecule has 0 fully saturated rings. The molecule has 2 heterocycles. The monoisotopic (exact) mass is 405 g/mol. The van der Waals surface area contributed by atoms with Crippen LogP contribution in [0.25, 0.3) is 10.9 Å². The number of amides is 1. The van der Waals surface area contributed by atoms with Crippen LogP contribution in [0.4, 0.5) is 5.69 Å². The summed E-state index contributed by atoms with van der Waals surface area (Å²) in [6.07, 6.45) is 1.43. The lowest BCUT2D eigenvalue weighted by molar-refractivity contribution is -0.119. The van der Waals surface area contributed by atoms with E-state index in [1.807, 2.05) is 47.8 Å². The fraction of sp³-hybridized carbons (Fsp3) is 0.136. The molecular formula is C22H19N3O3S. The zero-order valence-corrected chi connectivity index (χ0v) is 16.6. The lowest BCUT2D eigenvalue weighted by atomic mass is 10.2. The number of fused-ring (bicyclic) bond motifs is 1. The zero-order chi connectivity index (χ0) is 20.2. The summed E-state index contributed by atoms with van der Waals surface area (Å²) in [7, 11) is 1.60. The van der Waals surface area contributed by atoms with Gasteiger partial charge in [-0.3, -0.25) is 14.2 Å². The third-order valence-electron chi connectivity index (χ3n) is 4.62. The molecule has 0 aliphatic heterocycles. The molecule has 7 heteroatoms. The second kappa shape index (κ2) is 8.28. The maximum absolute atomic E-state index is 13.2. The molecule has 0 bridgehead atoms. The molecule has 146 valence electrons. The van der Waals surface area contributed by atoms with E-state index in [-0.39, 0.29) is 18.0 Å². The first kappa shape index (κ1) is 18.9. The van der Waals surface area contributed by atoms with Gasteiger partial charge < -0.3 is 9.64 Å². The highest BCUT2D eigenvalue weighted by atomic mass is 32.1. The molecule has 4 rings (SSSR count). The van der Waals surface area contributed by atoms with Crippen molar-refractivity contribution in [2.24, 2.45) is 0 Å². The van der Waals surface area contributed by atoms with Crippen molar-refractivity contribution >= 4 is 33.8 Å². The summed E-state index contributed by atoms with van der Waals surface area (Å²) in [5.74, 6) is 0.523. The fourth-order valence-electron chi connectivity index (χ4n) is 3.09. The van der Waals surface area contributed by atoms with Gasteiger partial charge in [0, 0.05) is 10.6 Å². The number of hydrogen-bond acceptors (Lipinski definition) is 5. The first-order valence-corrected chi connectivity index (χ1v) is 9.94. The number of carbonyl (C=O) groups is 1. The van der Waals surface area contributed by atoms with E-state index < -0.39 is 0 Å². The number of benzene rings is 2. The first-order chi connectivity index (χ1) is 14.2. The summed E-state index contributed by atoms with van der Waals surface area (Å²) in [4.78, 5) is 33.0. The molecule has 0 aliphatic carbocycles. The normalized spacial score (nSPS) is 10.8. The van der Waals surface area contributed by atoms with Gasteiger partial charge in [-0.15, -0.1) is 11.3 Å². The van der Waals surface area contributed by atoms with E-state index in [1.54, 1.807) is 41.5 Å². The van der Waals surface area contributed by atoms with E-state index in [2.05, 4.69) is 4.98 Å². The van der Waals surface area contributed by atoms with E-state index >= 15 is 0 Å². The van der Waals surface area contributed by atoms with Crippen molar-refractivity contribution in [1.82, 2.24) is 9.55 Å². The molecule has 0 saturated carbocycles. The van der Waals surface area contributed by atoms with E-state index in [1.165, 1.54) is 10.9 Å². The molecule has 2 aromatic heterocycles. The van der Waals surface area contributed by atoms with Gasteiger partial charge in [-0.1, -0.05) is 18.2 Å². The largest absolute Gasteiger partial charge is 0.497 e.